The van der Waals surface area contributed by atoms with Crippen molar-refractivity contribution >= 4 is 5.91 Å². The van der Waals surface area contributed by atoms with Crippen LogP contribution in [0.2, 0.25) is 0 Å². The average molecular weight is 266 g/mol. The zero-order chi connectivity index (χ0) is 13.4. The Morgan fingerprint density at radius 2 is 1.79 bits per heavy atom. The Bertz CT molecular complexity index is 337. The minimum atomic E-state index is -0.362. The molecule has 108 valence electrons. The molecule has 0 aromatic carbocycles. The third-order valence-electron chi connectivity index (χ3n) is 5.17. The molecule has 0 spiro atoms. The molecule has 1 aliphatic heterocycles. The molecule has 1 N–H and O–H groups in total. The van der Waals surface area contributed by atoms with Crippen LogP contribution in [0.4, 0.5) is 0 Å². The van der Waals surface area contributed by atoms with E-state index in [0.29, 0.717) is 0 Å². The number of aliphatic hydroxyl groups is 1. The first-order chi connectivity index (χ1) is 9.18. The molecule has 0 radical (unpaired) electrons. The van der Waals surface area contributed by atoms with Crippen molar-refractivity contribution in [2.45, 2.75) is 63.1 Å². The average Bonchev–Trinajstić information content (AvgIpc) is 3.13. The summed E-state index contributed by atoms with van der Waals surface area (Å²) in [5.74, 6) is 0.510. The Hall–Kier alpha value is -0.610. The van der Waals surface area contributed by atoms with Gasteiger partial charge in [0.15, 0.2) is 0 Å². The fourth-order valence-electron chi connectivity index (χ4n) is 3.81. The number of aliphatic hydroxyl groups excluding tert-OH is 1. The summed E-state index contributed by atoms with van der Waals surface area (Å²) in [6.07, 6.45) is 7.41. The number of likely N-dealkylation sites (N-methyl/N-ethyl adjacent to an activating group) is 1. The SMILES string of the molecule is CN(C(=O)C1CC1)[C@@H]1CCC[C@@H](N2CCCC2)[C@@H]1O. The number of amides is 1. The zero-order valence-corrected chi connectivity index (χ0v) is 11.9. The Kier molecular flexibility index (Phi) is 3.81. The summed E-state index contributed by atoms with van der Waals surface area (Å²) in [6, 6.07) is 0.308. The monoisotopic (exact) mass is 266 g/mol. The first-order valence-corrected chi connectivity index (χ1v) is 7.87. The second-order valence-electron chi connectivity index (χ2n) is 6.52. The van der Waals surface area contributed by atoms with Crippen LogP contribution in [0.15, 0.2) is 0 Å². The van der Waals surface area contributed by atoms with Gasteiger partial charge in [-0.05, 0) is 58.0 Å². The van der Waals surface area contributed by atoms with Crippen molar-refractivity contribution in [3.8, 4) is 0 Å². The van der Waals surface area contributed by atoms with Gasteiger partial charge in [-0.1, -0.05) is 0 Å². The van der Waals surface area contributed by atoms with Gasteiger partial charge in [0.25, 0.3) is 0 Å². The Balaban J connectivity index is 1.65. The van der Waals surface area contributed by atoms with Crippen LogP contribution in [-0.2, 0) is 4.79 Å². The Morgan fingerprint density at radius 3 is 2.42 bits per heavy atom. The maximum Gasteiger partial charge on any atom is 0.225 e. The van der Waals surface area contributed by atoms with Crippen molar-refractivity contribution in [1.29, 1.82) is 0 Å². The molecule has 0 aromatic heterocycles. The van der Waals surface area contributed by atoms with Crippen LogP contribution >= 0.6 is 0 Å². The van der Waals surface area contributed by atoms with Gasteiger partial charge < -0.3 is 10.0 Å². The Labute approximate surface area is 115 Å². The predicted molar refractivity (Wildman–Crippen MR) is 73.7 cm³/mol. The normalized spacial score (nSPS) is 36.4. The standard InChI is InChI=1S/C15H26N2O2/c1-16(15(19)11-7-8-11)12-5-4-6-13(14(12)18)17-9-2-3-10-17/h11-14,18H,2-10H2,1H3/t12-,13-,14-/m1/s1. The van der Waals surface area contributed by atoms with Crippen molar-refractivity contribution in [3.05, 3.63) is 0 Å². The van der Waals surface area contributed by atoms with Crippen LogP contribution in [0.3, 0.4) is 0 Å². The zero-order valence-electron chi connectivity index (χ0n) is 11.9. The molecule has 0 bridgehead atoms. The van der Waals surface area contributed by atoms with Crippen LogP contribution in [0.1, 0.15) is 44.9 Å². The Morgan fingerprint density at radius 1 is 1.11 bits per heavy atom. The minimum absolute atomic E-state index is 0.0347. The summed E-state index contributed by atoms with van der Waals surface area (Å²) in [5, 5.41) is 10.7. The summed E-state index contributed by atoms with van der Waals surface area (Å²) >= 11 is 0. The quantitative estimate of drug-likeness (QED) is 0.835. The van der Waals surface area contributed by atoms with Crippen LogP contribution in [0, 0.1) is 5.92 Å². The van der Waals surface area contributed by atoms with Crippen molar-refractivity contribution in [2.75, 3.05) is 20.1 Å². The number of hydrogen-bond acceptors (Lipinski definition) is 3. The molecule has 1 amide bonds. The fourth-order valence-corrected chi connectivity index (χ4v) is 3.81. The molecule has 3 atom stereocenters. The molecule has 0 unspecified atom stereocenters. The molecule has 2 saturated carbocycles. The lowest BCUT2D eigenvalue weighted by Crippen LogP contribution is -2.56. The smallest absolute Gasteiger partial charge is 0.225 e. The molecule has 1 heterocycles. The van der Waals surface area contributed by atoms with Crippen molar-refractivity contribution in [1.82, 2.24) is 9.80 Å². The van der Waals surface area contributed by atoms with Crippen molar-refractivity contribution in [2.24, 2.45) is 5.92 Å². The molecule has 19 heavy (non-hydrogen) atoms. The van der Waals surface area contributed by atoms with E-state index in [1.54, 1.807) is 0 Å². The lowest BCUT2D eigenvalue weighted by Gasteiger charge is -2.43. The first-order valence-electron chi connectivity index (χ1n) is 7.87. The van der Waals surface area contributed by atoms with Crippen molar-refractivity contribution < 1.29 is 9.90 Å². The molecule has 0 aromatic rings. The minimum Gasteiger partial charge on any atom is -0.389 e. The lowest BCUT2D eigenvalue weighted by atomic mass is 9.86. The number of nitrogens with zero attached hydrogens (tertiary/aromatic N) is 2. The van der Waals surface area contributed by atoms with E-state index in [1.165, 1.54) is 12.8 Å². The molecule has 4 nitrogen and oxygen atoms in total. The highest BCUT2D eigenvalue weighted by Gasteiger charge is 2.42. The largest absolute Gasteiger partial charge is 0.389 e. The topological polar surface area (TPSA) is 43.8 Å². The number of rotatable bonds is 3. The molecule has 3 fully saturated rings. The fraction of sp³-hybridized carbons (Fsp3) is 0.933. The van der Waals surface area contributed by atoms with Gasteiger partial charge >= 0.3 is 0 Å². The molecule has 3 aliphatic rings. The van der Waals surface area contributed by atoms with E-state index < -0.39 is 0 Å². The summed E-state index contributed by atoms with van der Waals surface area (Å²) < 4.78 is 0. The van der Waals surface area contributed by atoms with E-state index in [0.717, 1.165) is 45.2 Å². The molecular formula is C15H26N2O2. The van der Waals surface area contributed by atoms with E-state index in [-0.39, 0.29) is 30.0 Å². The van der Waals surface area contributed by atoms with Gasteiger partial charge in [0.05, 0.1) is 12.1 Å². The van der Waals surface area contributed by atoms with E-state index in [2.05, 4.69) is 4.90 Å². The lowest BCUT2D eigenvalue weighted by molar-refractivity contribution is -0.138. The highest BCUT2D eigenvalue weighted by Crippen LogP contribution is 2.34. The summed E-state index contributed by atoms with van der Waals surface area (Å²) in [5.41, 5.74) is 0. The van der Waals surface area contributed by atoms with E-state index >= 15 is 0 Å². The molecule has 1 saturated heterocycles. The maximum atomic E-state index is 12.2. The van der Waals surface area contributed by atoms with Crippen LogP contribution in [0.5, 0.6) is 0 Å². The maximum absolute atomic E-state index is 12.2. The van der Waals surface area contributed by atoms with E-state index in [1.807, 2.05) is 11.9 Å². The van der Waals surface area contributed by atoms with Gasteiger partial charge in [0.2, 0.25) is 5.91 Å². The van der Waals surface area contributed by atoms with E-state index in [9.17, 15) is 9.90 Å². The molecular weight excluding hydrogens is 240 g/mol. The molecule has 3 rings (SSSR count). The van der Waals surface area contributed by atoms with Gasteiger partial charge in [-0.3, -0.25) is 9.69 Å². The number of carbonyl (C=O) groups excluding carboxylic acids is 1. The number of carbonyl (C=O) groups is 1. The predicted octanol–water partition coefficient (Wildman–Crippen LogP) is 1.23. The van der Waals surface area contributed by atoms with Gasteiger partial charge in [0, 0.05) is 19.0 Å². The van der Waals surface area contributed by atoms with Crippen molar-refractivity contribution in [3.63, 3.8) is 0 Å². The van der Waals surface area contributed by atoms with Gasteiger partial charge in [0.1, 0.15) is 0 Å². The van der Waals surface area contributed by atoms with Gasteiger partial charge in [-0.15, -0.1) is 0 Å². The third-order valence-corrected chi connectivity index (χ3v) is 5.17. The second-order valence-corrected chi connectivity index (χ2v) is 6.52. The summed E-state index contributed by atoms with van der Waals surface area (Å²) in [4.78, 5) is 16.5. The number of hydrogen-bond donors (Lipinski definition) is 1. The third kappa shape index (κ3) is 2.65. The number of likely N-dealkylation sites (tertiary alicyclic amines) is 1. The van der Waals surface area contributed by atoms with Gasteiger partial charge in [-0.2, -0.15) is 0 Å². The van der Waals surface area contributed by atoms with E-state index in [4.69, 9.17) is 0 Å². The highest BCUT2D eigenvalue weighted by molar-refractivity contribution is 5.81. The second kappa shape index (κ2) is 5.41. The molecule has 2 aliphatic carbocycles. The molecule has 4 heteroatoms. The van der Waals surface area contributed by atoms with Crippen LogP contribution < -0.4 is 0 Å². The first kappa shape index (κ1) is 13.4. The van der Waals surface area contributed by atoms with Crippen LogP contribution in [-0.4, -0.2) is 59.1 Å². The summed E-state index contributed by atoms with van der Waals surface area (Å²) in [7, 11) is 1.89. The van der Waals surface area contributed by atoms with Crippen LogP contribution in [0.25, 0.3) is 0 Å². The highest BCUT2D eigenvalue weighted by atomic mass is 16.3. The summed E-state index contributed by atoms with van der Waals surface area (Å²) in [6.45, 7) is 2.24. The van der Waals surface area contributed by atoms with Gasteiger partial charge in [-0.25, -0.2) is 0 Å².